The highest BCUT2D eigenvalue weighted by atomic mass is 19.1. The van der Waals surface area contributed by atoms with Gasteiger partial charge in [0.1, 0.15) is 17.7 Å². The molecule has 0 aliphatic carbocycles. The van der Waals surface area contributed by atoms with Gasteiger partial charge in [0.15, 0.2) is 0 Å². The van der Waals surface area contributed by atoms with Crippen LogP contribution in [0.4, 0.5) is 14.5 Å². The zero-order chi connectivity index (χ0) is 19.3. The number of non-ortho nitro benzene ring substituents is 1. The summed E-state index contributed by atoms with van der Waals surface area (Å²) in [5.74, 6) is -3.49. The van der Waals surface area contributed by atoms with Crippen LogP contribution in [0.1, 0.15) is 15.9 Å². The van der Waals surface area contributed by atoms with E-state index in [-0.39, 0.29) is 17.7 Å². The van der Waals surface area contributed by atoms with E-state index in [0.717, 1.165) is 19.2 Å². The molecule has 26 heavy (non-hydrogen) atoms. The SMILES string of the molecule is COC(=O)[C@@H](Cc1ccc([N+](=O)[O-])cc1)NC(=O)c1cc(F)cc(F)c1. The van der Waals surface area contributed by atoms with E-state index < -0.39 is 34.5 Å². The van der Waals surface area contributed by atoms with Crippen molar-refractivity contribution in [1.82, 2.24) is 5.32 Å². The van der Waals surface area contributed by atoms with E-state index in [1.54, 1.807) is 0 Å². The normalized spacial score (nSPS) is 11.5. The summed E-state index contributed by atoms with van der Waals surface area (Å²) in [6.07, 6.45) is -0.0196. The lowest BCUT2D eigenvalue weighted by atomic mass is 10.0. The highest BCUT2D eigenvalue weighted by Gasteiger charge is 2.23. The largest absolute Gasteiger partial charge is 0.467 e. The van der Waals surface area contributed by atoms with E-state index in [0.29, 0.717) is 11.6 Å². The van der Waals surface area contributed by atoms with Crippen molar-refractivity contribution < 1.29 is 28.0 Å². The maximum atomic E-state index is 13.2. The minimum absolute atomic E-state index is 0.0196. The van der Waals surface area contributed by atoms with Gasteiger partial charge in [0.2, 0.25) is 0 Å². The Balaban J connectivity index is 2.17. The molecule has 2 aromatic carbocycles. The molecule has 0 aromatic heterocycles. The summed E-state index contributed by atoms with van der Waals surface area (Å²) >= 11 is 0. The second-order valence-corrected chi connectivity index (χ2v) is 5.34. The van der Waals surface area contributed by atoms with Crippen LogP contribution in [0.5, 0.6) is 0 Å². The first-order valence-electron chi connectivity index (χ1n) is 7.38. The predicted octanol–water partition coefficient (Wildman–Crippen LogP) is 2.39. The van der Waals surface area contributed by atoms with Crippen LogP contribution in [0.15, 0.2) is 42.5 Å². The molecular weight excluding hydrogens is 350 g/mol. The third kappa shape index (κ3) is 4.82. The summed E-state index contributed by atoms with van der Waals surface area (Å²) in [6.45, 7) is 0. The molecule has 9 heteroatoms. The number of nitro benzene ring substituents is 1. The first kappa shape index (κ1) is 19.0. The van der Waals surface area contributed by atoms with Crippen LogP contribution in [0, 0.1) is 21.7 Å². The van der Waals surface area contributed by atoms with Gasteiger partial charge in [0.25, 0.3) is 11.6 Å². The summed E-state index contributed by atoms with van der Waals surface area (Å²) in [6, 6.07) is 6.52. The summed E-state index contributed by atoms with van der Waals surface area (Å²) in [5.41, 5.74) is 0.111. The number of hydrogen-bond acceptors (Lipinski definition) is 5. The van der Waals surface area contributed by atoms with Gasteiger partial charge in [-0.15, -0.1) is 0 Å². The standard InChI is InChI=1S/C17H14F2N2O5/c1-26-17(23)15(6-10-2-4-14(5-3-10)21(24)25)20-16(22)11-7-12(18)9-13(19)8-11/h2-5,7-9,15H,6H2,1H3,(H,20,22)/t15-/m1/s1. The average Bonchev–Trinajstić information content (AvgIpc) is 2.60. The van der Waals surface area contributed by atoms with Gasteiger partial charge in [0.05, 0.1) is 12.0 Å². The van der Waals surface area contributed by atoms with E-state index >= 15 is 0 Å². The molecule has 0 aliphatic heterocycles. The molecule has 0 fully saturated rings. The van der Waals surface area contributed by atoms with Crippen LogP contribution in [0.3, 0.4) is 0 Å². The Bertz CT molecular complexity index is 819. The first-order chi connectivity index (χ1) is 12.3. The third-order valence-corrected chi connectivity index (χ3v) is 3.50. The first-order valence-corrected chi connectivity index (χ1v) is 7.38. The fourth-order valence-corrected chi connectivity index (χ4v) is 2.25. The van der Waals surface area contributed by atoms with Crippen molar-refractivity contribution in [1.29, 1.82) is 0 Å². The Labute approximate surface area is 146 Å². The maximum Gasteiger partial charge on any atom is 0.328 e. The minimum Gasteiger partial charge on any atom is -0.467 e. The Morgan fingerprint density at radius 3 is 2.23 bits per heavy atom. The van der Waals surface area contributed by atoms with Gasteiger partial charge in [-0.05, 0) is 17.7 Å². The molecule has 2 rings (SSSR count). The van der Waals surface area contributed by atoms with Gasteiger partial charge >= 0.3 is 5.97 Å². The number of nitrogens with zero attached hydrogens (tertiary/aromatic N) is 1. The van der Waals surface area contributed by atoms with Crippen LogP contribution < -0.4 is 5.32 Å². The molecule has 0 aliphatic rings. The molecule has 1 atom stereocenters. The van der Waals surface area contributed by atoms with Gasteiger partial charge in [-0.3, -0.25) is 14.9 Å². The van der Waals surface area contributed by atoms with Crippen LogP contribution in [-0.2, 0) is 16.0 Å². The molecule has 2 aromatic rings. The number of carbonyl (C=O) groups excluding carboxylic acids is 2. The minimum atomic E-state index is -1.14. The summed E-state index contributed by atoms with van der Waals surface area (Å²) < 4.78 is 31.1. The second-order valence-electron chi connectivity index (χ2n) is 5.34. The molecule has 0 spiro atoms. The lowest BCUT2D eigenvalue weighted by molar-refractivity contribution is -0.384. The molecule has 0 bridgehead atoms. The summed E-state index contributed by atoms with van der Waals surface area (Å²) in [7, 11) is 1.12. The number of halogens is 2. The number of amides is 1. The number of nitro groups is 1. The third-order valence-electron chi connectivity index (χ3n) is 3.50. The smallest absolute Gasteiger partial charge is 0.328 e. The lowest BCUT2D eigenvalue weighted by Crippen LogP contribution is -2.43. The number of rotatable bonds is 6. The fourth-order valence-electron chi connectivity index (χ4n) is 2.25. The molecule has 136 valence electrons. The van der Waals surface area contributed by atoms with Crippen LogP contribution >= 0.6 is 0 Å². The molecule has 0 saturated carbocycles. The van der Waals surface area contributed by atoms with E-state index in [4.69, 9.17) is 0 Å². The second kappa shape index (κ2) is 8.15. The summed E-state index contributed by atoms with van der Waals surface area (Å²) in [4.78, 5) is 34.2. The van der Waals surface area contributed by atoms with E-state index in [9.17, 15) is 28.5 Å². The molecule has 0 unspecified atom stereocenters. The summed E-state index contributed by atoms with van der Waals surface area (Å²) in [5, 5.41) is 13.0. The predicted molar refractivity (Wildman–Crippen MR) is 86.4 cm³/mol. The Hall–Kier alpha value is -3.36. The van der Waals surface area contributed by atoms with Crippen molar-refractivity contribution in [2.24, 2.45) is 0 Å². The average molecular weight is 364 g/mol. The number of carbonyl (C=O) groups is 2. The lowest BCUT2D eigenvalue weighted by Gasteiger charge is -2.16. The van der Waals surface area contributed by atoms with Crippen molar-refractivity contribution >= 4 is 17.6 Å². The molecule has 1 N–H and O–H groups in total. The molecule has 0 radical (unpaired) electrons. The number of methoxy groups -OCH3 is 1. The highest BCUT2D eigenvalue weighted by molar-refractivity contribution is 5.96. The maximum absolute atomic E-state index is 13.2. The van der Waals surface area contributed by atoms with Gasteiger partial charge in [0, 0.05) is 30.2 Å². The Morgan fingerprint density at radius 2 is 1.73 bits per heavy atom. The van der Waals surface area contributed by atoms with Crippen molar-refractivity contribution in [2.75, 3.05) is 7.11 Å². The Morgan fingerprint density at radius 1 is 1.15 bits per heavy atom. The monoisotopic (exact) mass is 364 g/mol. The Kier molecular flexibility index (Phi) is 5.94. The molecule has 1 amide bonds. The topological polar surface area (TPSA) is 98.5 Å². The molecule has 7 nitrogen and oxygen atoms in total. The number of hydrogen-bond donors (Lipinski definition) is 1. The van der Waals surface area contributed by atoms with Crippen molar-refractivity contribution in [3.05, 3.63) is 75.3 Å². The fraction of sp³-hybridized carbons (Fsp3) is 0.176. The van der Waals surface area contributed by atoms with E-state index in [2.05, 4.69) is 10.1 Å². The number of esters is 1. The molecule has 0 heterocycles. The van der Waals surface area contributed by atoms with Crippen molar-refractivity contribution in [3.63, 3.8) is 0 Å². The van der Waals surface area contributed by atoms with Crippen molar-refractivity contribution in [3.8, 4) is 0 Å². The number of benzene rings is 2. The zero-order valence-electron chi connectivity index (χ0n) is 13.6. The zero-order valence-corrected chi connectivity index (χ0v) is 13.6. The van der Waals surface area contributed by atoms with Gasteiger partial charge < -0.3 is 10.1 Å². The van der Waals surface area contributed by atoms with Crippen LogP contribution in [-0.4, -0.2) is 30.0 Å². The van der Waals surface area contributed by atoms with Crippen molar-refractivity contribution in [2.45, 2.75) is 12.5 Å². The van der Waals surface area contributed by atoms with E-state index in [1.165, 1.54) is 24.3 Å². The van der Waals surface area contributed by atoms with E-state index in [1.807, 2.05) is 0 Å². The molecule has 0 saturated heterocycles. The number of ether oxygens (including phenoxy) is 1. The van der Waals surface area contributed by atoms with Gasteiger partial charge in [-0.25, -0.2) is 13.6 Å². The highest BCUT2D eigenvalue weighted by Crippen LogP contribution is 2.14. The van der Waals surface area contributed by atoms with Crippen LogP contribution in [0.25, 0.3) is 0 Å². The quantitative estimate of drug-likeness (QED) is 0.482. The molecular formula is C17H14F2N2O5. The van der Waals surface area contributed by atoms with Gasteiger partial charge in [-0.1, -0.05) is 12.1 Å². The van der Waals surface area contributed by atoms with Gasteiger partial charge in [-0.2, -0.15) is 0 Å². The number of nitrogens with one attached hydrogen (secondary N) is 1. The van der Waals surface area contributed by atoms with Crippen LogP contribution in [0.2, 0.25) is 0 Å².